The Bertz CT molecular complexity index is 3630. The van der Waals surface area contributed by atoms with Gasteiger partial charge in [0.2, 0.25) is 0 Å². The number of hydrogen-bond donors (Lipinski definition) is 0. The Morgan fingerprint density at radius 3 is 1.54 bits per heavy atom. The zero-order valence-electron chi connectivity index (χ0n) is 35.6. The first kappa shape index (κ1) is 38.0. The van der Waals surface area contributed by atoms with Crippen LogP contribution in [0.5, 0.6) is 0 Å². The lowest BCUT2D eigenvalue weighted by molar-refractivity contribution is 0.672. The first-order valence-corrected chi connectivity index (χ1v) is 22.2. The van der Waals surface area contributed by atoms with Gasteiger partial charge < -0.3 is 14.2 Å². The Morgan fingerprint density at radius 2 is 0.831 bits per heavy atom. The Kier molecular flexibility index (Phi) is 9.50. The predicted octanol–water partition coefficient (Wildman–Crippen LogP) is 17.8. The number of nitrogens with zero attached hydrogens (tertiary/aromatic N) is 2. The molecule has 0 spiro atoms. The van der Waals surface area contributed by atoms with Crippen LogP contribution in [0, 0.1) is 0 Å². The van der Waals surface area contributed by atoms with Crippen LogP contribution in [0.2, 0.25) is 0 Å². The highest BCUT2D eigenvalue weighted by Crippen LogP contribution is 2.53. The summed E-state index contributed by atoms with van der Waals surface area (Å²) in [5.41, 5.74) is 14.9. The fraction of sp³-hybridized carbons (Fsp3) is 0. The second kappa shape index (κ2) is 16.2. The SMILES string of the molecule is c1ccc(-c2ccc(N(c3ccccc3)c3ccc4oc5c6ccccc6ccc5c4c3N(c3ccccc3)c3ccc(-c4ccccc4)c(-c4cccc5ccccc45)c3)cc2)cc1. The average Bonchev–Trinajstić information content (AvgIpc) is 3.78. The maximum Gasteiger partial charge on any atom is 0.143 e. The van der Waals surface area contributed by atoms with Gasteiger partial charge in [0.15, 0.2) is 0 Å². The first-order valence-electron chi connectivity index (χ1n) is 22.2. The van der Waals surface area contributed by atoms with Crippen LogP contribution in [0.3, 0.4) is 0 Å². The molecule has 1 heterocycles. The summed E-state index contributed by atoms with van der Waals surface area (Å²) in [6.45, 7) is 0. The predicted molar refractivity (Wildman–Crippen MR) is 274 cm³/mol. The van der Waals surface area contributed by atoms with Gasteiger partial charge in [-0.1, -0.05) is 188 Å². The van der Waals surface area contributed by atoms with E-state index in [1.54, 1.807) is 0 Å². The molecule has 0 bridgehead atoms. The topological polar surface area (TPSA) is 19.6 Å². The minimum atomic E-state index is 0.818. The molecule has 12 aromatic rings. The van der Waals surface area contributed by atoms with E-state index in [0.29, 0.717) is 0 Å². The molecular formula is C62H42N2O. The molecule has 3 nitrogen and oxygen atoms in total. The van der Waals surface area contributed by atoms with Gasteiger partial charge in [-0.2, -0.15) is 0 Å². The van der Waals surface area contributed by atoms with Crippen molar-refractivity contribution in [1.82, 2.24) is 0 Å². The zero-order valence-corrected chi connectivity index (χ0v) is 35.6. The lowest BCUT2D eigenvalue weighted by Gasteiger charge is -2.34. The average molecular weight is 831 g/mol. The van der Waals surface area contributed by atoms with E-state index in [9.17, 15) is 0 Å². The molecule has 0 N–H and O–H groups in total. The van der Waals surface area contributed by atoms with Crippen molar-refractivity contribution in [3.63, 3.8) is 0 Å². The number of benzene rings is 11. The van der Waals surface area contributed by atoms with E-state index in [1.165, 1.54) is 27.5 Å². The standard InChI is InChI=1S/C62H42N2O/c1-5-18-43(19-6-1)44-32-35-50(36-33-44)63(48-25-9-3-10-26-48)58-40-41-59-60(56-38-34-47-23-14-16-30-54(47)62(56)65-59)61(58)64(49-27-11-4-12-28-49)51-37-39-53(45-20-7-2-8-21-45)57(42-51)55-31-17-24-46-22-13-15-29-52(46)55/h1-42H. The zero-order chi connectivity index (χ0) is 43.1. The number of para-hydroxylation sites is 2. The van der Waals surface area contributed by atoms with E-state index in [4.69, 9.17) is 4.42 Å². The number of fused-ring (bicyclic) bond motifs is 6. The van der Waals surface area contributed by atoms with Crippen molar-refractivity contribution in [2.24, 2.45) is 0 Å². The van der Waals surface area contributed by atoms with Crippen molar-refractivity contribution in [2.45, 2.75) is 0 Å². The van der Waals surface area contributed by atoms with Gasteiger partial charge in [-0.15, -0.1) is 0 Å². The van der Waals surface area contributed by atoms with Gasteiger partial charge in [0.25, 0.3) is 0 Å². The lowest BCUT2D eigenvalue weighted by Crippen LogP contribution is -2.17. The molecule has 0 aliphatic rings. The Labute approximate surface area is 378 Å². The van der Waals surface area contributed by atoms with E-state index in [1.807, 2.05) is 0 Å². The van der Waals surface area contributed by atoms with Crippen molar-refractivity contribution in [3.05, 3.63) is 255 Å². The molecule has 1 aromatic heterocycles. The van der Waals surface area contributed by atoms with Crippen molar-refractivity contribution >= 4 is 77.6 Å². The molecule has 65 heavy (non-hydrogen) atoms. The van der Waals surface area contributed by atoms with Gasteiger partial charge in [0.1, 0.15) is 11.2 Å². The highest BCUT2D eigenvalue weighted by molar-refractivity contribution is 6.22. The fourth-order valence-electron chi connectivity index (χ4n) is 9.62. The number of anilines is 6. The molecule has 12 rings (SSSR count). The molecular weight excluding hydrogens is 789 g/mol. The smallest absolute Gasteiger partial charge is 0.143 e. The summed E-state index contributed by atoms with van der Waals surface area (Å²) >= 11 is 0. The molecule has 0 radical (unpaired) electrons. The summed E-state index contributed by atoms with van der Waals surface area (Å²) in [4.78, 5) is 4.84. The van der Waals surface area contributed by atoms with Crippen molar-refractivity contribution in [1.29, 1.82) is 0 Å². The van der Waals surface area contributed by atoms with Crippen molar-refractivity contribution < 1.29 is 4.42 Å². The fourth-order valence-corrected chi connectivity index (χ4v) is 9.62. The summed E-state index contributed by atoms with van der Waals surface area (Å²) in [7, 11) is 0. The summed E-state index contributed by atoms with van der Waals surface area (Å²) in [6, 6.07) is 91.4. The molecule has 3 heteroatoms. The van der Waals surface area contributed by atoms with E-state index >= 15 is 0 Å². The number of hydrogen-bond acceptors (Lipinski definition) is 3. The summed E-state index contributed by atoms with van der Waals surface area (Å²) < 4.78 is 7.01. The largest absolute Gasteiger partial charge is 0.455 e. The maximum absolute atomic E-state index is 7.01. The van der Waals surface area contributed by atoms with Gasteiger partial charge in [-0.3, -0.25) is 0 Å². The molecule has 0 saturated heterocycles. The van der Waals surface area contributed by atoms with Crippen LogP contribution in [0.1, 0.15) is 0 Å². The molecule has 0 unspecified atom stereocenters. The van der Waals surface area contributed by atoms with Crippen LogP contribution in [-0.2, 0) is 0 Å². The Morgan fingerprint density at radius 1 is 0.292 bits per heavy atom. The molecule has 0 saturated carbocycles. The van der Waals surface area contributed by atoms with E-state index in [-0.39, 0.29) is 0 Å². The lowest BCUT2D eigenvalue weighted by atomic mass is 9.90. The molecule has 0 amide bonds. The van der Waals surface area contributed by atoms with Crippen LogP contribution >= 0.6 is 0 Å². The molecule has 0 atom stereocenters. The van der Waals surface area contributed by atoms with Gasteiger partial charge >= 0.3 is 0 Å². The normalized spacial score (nSPS) is 11.4. The molecule has 306 valence electrons. The summed E-state index contributed by atoms with van der Waals surface area (Å²) in [6.07, 6.45) is 0. The second-order valence-corrected chi connectivity index (χ2v) is 16.4. The third-order valence-electron chi connectivity index (χ3n) is 12.6. The third-order valence-corrected chi connectivity index (χ3v) is 12.6. The third kappa shape index (κ3) is 6.78. The minimum absolute atomic E-state index is 0.818. The monoisotopic (exact) mass is 830 g/mol. The van der Waals surface area contributed by atoms with Crippen LogP contribution in [0.25, 0.3) is 76.9 Å². The second-order valence-electron chi connectivity index (χ2n) is 16.4. The number of rotatable bonds is 9. The van der Waals surface area contributed by atoms with Crippen LogP contribution in [0.4, 0.5) is 34.1 Å². The summed E-state index contributed by atoms with van der Waals surface area (Å²) in [5, 5.41) is 6.73. The van der Waals surface area contributed by atoms with Gasteiger partial charge in [0.05, 0.1) is 16.8 Å². The van der Waals surface area contributed by atoms with Crippen LogP contribution in [0.15, 0.2) is 259 Å². The molecule has 0 aliphatic carbocycles. The molecule has 0 aliphatic heterocycles. The van der Waals surface area contributed by atoms with Gasteiger partial charge in [0, 0.05) is 33.5 Å². The maximum atomic E-state index is 7.01. The number of furan rings is 1. The van der Waals surface area contributed by atoms with E-state index in [0.717, 1.165) is 83.5 Å². The van der Waals surface area contributed by atoms with E-state index in [2.05, 4.69) is 265 Å². The first-order chi connectivity index (χ1) is 32.3. The van der Waals surface area contributed by atoms with E-state index < -0.39 is 0 Å². The van der Waals surface area contributed by atoms with Crippen molar-refractivity contribution in [3.8, 4) is 33.4 Å². The van der Waals surface area contributed by atoms with Crippen LogP contribution < -0.4 is 9.80 Å². The summed E-state index contributed by atoms with van der Waals surface area (Å²) in [5.74, 6) is 0. The van der Waals surface area contributed by atoms with Crippen molar-refractivity contribution in [2.75, 3.05) is 9.80 Å². The Balaban J connectivity index is 1.18. The van der Waals surface area contributed by atoms with Gasteiger partial charge in [-0.25, -0.2) is 0 Å². The van der Waals surface area contributed by atoms with Gasteiger partial charge in [-0.05, 0) is 116 Å². The Hall–Kier alpha value is -8.66. The van der Waals surface area contributed by atoms with Crippen LogP contribution in [-0.4, -0.2) is 0 Å². The molecule has 0 fully saturated rings. The quantitative estimate of drug-likeness (QED) is 0.144. The highest BCUT2D eigenvalue weighted by Gasteiger charge is 2.28. The minimum Gasteiger partial charge on any atom is -0.455 e. The molecule has 11 aromatic carbocycles. The highest BCUT2D eigenvalue weighted by atomic mass is 16.3.